The first-order chi connectivity index (χ1) is 22.1. The van der Waals surface area contributed by atoms with Crippen molar-refractivity contribution in [3.8, 4) is 0 Å². The summed E-state index contributed by atoms with van der Waals surface area (Å²) in [5.74, 6) is 0. The highest BCUT2D eigenvalue weighted by atomic mass is 32.2. The Morgan fingerprint density at radius 3 is 0.915 bits per heavy atom. The third-order valence-electron chi connectivity index (χ3n) is 8.82. The molecular formula is C44H52N2S. The monoisotopic (exact) mass is 640 g/mol. The van der Waals surface area contributed by atoms with Crippen molar-refractivity contribution in [1.29, 1.82) is 0 Å². The fourth-order valence-corrected chi connectivity index (χ4v) is 6.63. The lowest BCUT2D eigenvalue weighted by Crippen LogP contribution is -2.16. The molecule has 0 bridgehead atoms. The smallest absolute Gasteiger partial charge is 0.0462 e. The third-order valence-corrected chi connectivity index (χ3v) is 9.84. The van der Waals surface area contributed by atoms with Gasteiger partial charge < -0.3 is 9.80 Å². The molecule has 0 N–H and O–H groups in total. The lowest BCUT2D eigenvalue weighted by molar-refractivity contribution is 0.590. The second-order valence-corrected chi connectivity index (χ2v) is 16.7. The van der Waals surface area contributed by atoms with Crippen LogP contribution in [0.3, 0.4) is 0 Å². The van der Waals surface area contributed by atoms with Crippen LogP contribution < -0.4 is 9.80 Å². The minimum absolute atomic E-state index is 0.112. The average Bonchev–Trinajstić information content (AvgIpc) is 3.03. The molecule has 244 valence electrons. The molecule has 0 amide bonds. The molecule has 0 aromatic heterocycles. The summed E-state index contributed by atoms with van der Waals surface area (Å²) in [5, 5.41) is 0. The Bertz CT molecular complexity index is 1670. The largest absolute Gasteiger partial charge is 0.342 e. The molecule has 5 aromatic rings. The quantitative estimate of drug-likeness (QED) is 0.167. The summed E-state index contributed by atoms with van der Waals surface area (Å²) < 4.78 is 0. The van der Waals surface area contributed by atoms with Gasteiger partial charge in [-0.15, -0.1) is 0 Å². The maximum atomic E-state index is 2.37. The predicted octanol–water partition coefficient (Wildman–Crippen LogP) is 13.4. The number of benzene rings is 5. The van der Waals surface area contributed by atoms with Gasteiger partial charge in [-0.2, -0.15) is 0 Å². The van der Waals surface area contributed by atoms with E-state index < -0.39 is 0 Å². The Kier molecular flexibility index (Phi) is 9.99. The molecule has 0 aliphatic rings. The molecule has 0 atom stereocenters. The molecule has 0 saturated carbocycles. The zero-order chi connectivity index (χ0) is 34.0. The van der Waals surface area contributed by atoms with Crippen LogP contribution in [0.5, 0.6) is 0 Å². The van der Waals surface area contributed by atoms with Gasteiger partial charge in [-0.25, -0.2) is 0 Å². The number of anilines is 5. The van der Waals surface area contributed by atoms with Crippen molar-refractivity contribution in [2.24, 2.45) is 0 Å². The van der Waals surface area contributed by atoms with Gasteiger partial charge in [0, 0.05) is 44.8 Å². The van der Waals surface area contributed by atoms with Crippen molar-refractivity contribution in [3.05, 3.63) is 138 Å². The minimum Gasteiger partial charge on any atom is -0.342 e. The molecule has 0 heterocycles. The summed E-state index contributed by atoms with van der Waals surface area (Å²) in [4.78, 5) is 7.17. The van der Waals surface area contributed by atoms with E-state index in [1.54, 1.807) is 11.8 Å². The van der Waals surface area contributed by atoms with Crippen LogP contribution in [0.2, 0.25) is 0 Å². The van der Waals surface area contributed by atoms with Crippen LogP contribution in [0, 0.1) is 0 Å². The van der Waals surface area contributed by atoms with Crippen molar-refractivity contribution in [2.75, 3.05) is 16.3 Å². The van der Waals surface area contributed by atoms with E-state index in [9.17, 15) is 0 Å². The van der Waals surface area contributed by atoms with E-state index in [1.165, 1.54) is 37.9 Å². The molecule has 0 fully saturated rings. The fourth-order valence-electron chi connectivity index (χ4n) is 5.82. The van der Waals surface area contributed by atoms with Crippen molar-refractivity contribution >= 4 is 40.2 Å². The minimum atomic E-state index is 0.112. The normalized spacial score (nSPS) is 12.2. The van der Waals surface area contributed by atoms with Gasteiger partial charge in [0.15, 0.2) is 0 Å². The Morgan fingerprint density at radius 1 is 0.383 bits per heavy atom. The van der Waals surface area contributed by atoms with Crippen molar-refractivity contribution in [2.45, 2.75) is 95.3 Å². The number of nitrogens with zero attached hydrogens (tertiary/aromatic N) is 2. The fraction of sp³-hybridized carbons (Fsp3) is 0.318. The number of hydrogen-bond donors (Lipinski definition) is 0. The molecule has 5 aromatic carbocycles. The lowest BCUT2D eigenvalue weighted by atomic mass is 9.86. The van der Waals surface area contributed by atoms with Crippen LogP contribution in [0.4, 0.5) is 28.4 Å². The van der Waals surface area contributed by atoms with E-state index in [1.807, 2.05) is 0 Å². The Labute approximate surface area is 288 Å². The SMILES string of the molecule is CCN(c1ccc(Sc2ccc(N(c3ccc(C(C)(C)C)cc3)c3ccc(C(C)(C)C)cc3)cc2)cc1)c1ccc(C(C)(C)C)cc1. The first-order valence-corrected chi connectivity index (χ1v) is 17.7. The zero-order valence-electron chi connectivity index (χ0n) is 30.1. The topological polar surface area (TPSA) is 6.48 Å². The zero-order valence-corrected chi connectivity index (χ0v) is 30.9. The predicted molar refractivity (Wildman–Crippen MR) is 207 cm³/mol. The van der Waals surface area contributed by atoms with Gasteiger partial charge in [0.05, 0.1) is 0 Å². The van der Waals surface area contributed by atoms with Crippen molar-refractivity contribution < 1.29 is 0 Å². The van der Waals surface area contributed by atoms with E-state index in [4.69, 9.17) is 0 Å². The summed E-state index contributed by atoms with van der Waals surface area (Å²) in [6, 6.07) is 45.0. The lowest BCUT2D eigenvalue weighted by Gasteiger charge is -2.28. The van der Waals surface area contributed by atoms with E-state index in [2.05, 4.69) is 200 Å². The van der Waals surface area contributed by atoms with Gasteiger partial charge in [0.1, 0.15) is 0 Å². The van der Waals surface area contributed by atoms with Gasteiger partial charge in [-0.1, -0.05) is 110 Å². The molecule has 0 spiro atoms. The Balaban J connectivity index is 1.36. The summed E-state index contributed by atoms with van der Waals surface area (Å²) in [7, 11) is 0. The van der Waals surface area contributed by atoms with Crippen LogP contribution >= 0.6 is 11.8 Å². The highest BCUT2D eigenvalue weighted by Gasteiger charge is 2.19. The third kappa shape index (κ3) is 8.32. The van der Waals surface area contributed by atoms with Gasteiger partial charge in [0.25, 0.3) is 0 Å². The first kappa shape index (κ1) is 34.4. The maximum absolute atomic E-state index is 2.37. The van der Waals surface area contributed by atoms with Crippen LogP contribution in [-0.2, 0) is 16.2 Å². The molecule has 5 rings (SSSR count). The maximum Gasteiger partial charge on any atom is 0.0462 e. The van der Waals surface area contributed by atoms with Crippen LogP contribution in [0.15, 0.2) is 131 Å². The van der Waals surface area contributed by atoms with Crippen LogP contribution in [0.25, 0.3) is 0 Å². The Morgan fingerprint density at radius 2 is 0.638 bits per heavy atom. The molecular weight excluding hydrogens is 589 g/mol. The summed E-state index contributed by atoms with van der Waals surface area (Å²) in [6.45, 7) is 23.5. The van der Waals surface area contributed by atoms with Gasteiger partial charge >= 0.3 is 0 Å². The van der Waals surface area contributed by atoms with E-state index >= 15 is 0 Å². The molecule has 3 heteroatoms. The highest BCUT2D eigenvalue weighted by molar-refractivity contribution is 7.99. The van der Waals surface area contributed by atoms with Crippen molar-refractivity contribution in [3.63, 3.8) is 0 Å². The van der Waals surface area contributed by atoms with Crippen LogP contribution in [0.1, 0.15) is 85.9 Å². The van der Waals surface area contributed by atoms with E-state index in [-0.39, 0.29) is 16.2 Å². The van der Waals surface area contributed by atoms with Crippen LogP contribution in [-0.4, -0.2) is 6.54 Å². The first-order valence-electron chi connectivity index (χ1n) is 16.9. The Hall–Kier alpha value is -3.95. The summed E-state index contributed by atoms with van der Waals surface area (Å²) in [6.07, 6.45) is 0. The molecule has 0 aliphatic carbocycles. The van der Waals surface area contributed by atoms with Crippen molar-refractivity contribution in [1.82, 2.24) is 0 Å². The van der Waals surface area contributed by atoms with E-state index in [0.29, 0.717) is 0 Å². The van der Waals surface area contributed by atoms with Gasteiger partial charge in [0.2, 0.25) is 0 Å². The molecule has 47 heavy (non-hydrogen) atoms. The second-order valence-electron chi connectivity index (χ2n) is 15.6. The number of hydrogen-bond acceptors (Lipinski definition) is 3. The number of rotatable bonds is 8. The summed E-state index contributed by atoms with van der Waals surface area (Å²) >= 11 is 1.80. The average molecular weight is 641 g/mol. The standard InChI is InChI=1S/C44H52N2S/c1-11-45(35-18-12-32(13-19-35)42(2,3)4)36-24-28-40(29-25-36)47-41-30-26-39(27-31-41)46(37-20-14-33(15-21-37)43(5,6)7)38-22-16-34(17-23-38)44(8,9)10/h12-31H,11H2,1-10H3. The molecule has 0 radical (unpaired) electrons. The highest BCUT2D eigenvalue weighted by Crippen LogP contribution is 2.39. The summed E-state index contributed by atoms with van der Waals surface area (Å²) in [5.41, 5.74) is 10.3. The molecule has 0 saturated heterocycles. The van der Waals surface area contributed by atoms with Gasteiger partial charge in [-0.3, -0.25) is 0 Å². The van der Waals surface area contributed by atoms with E-state index in [0.717, 1.165) is 23.6 Å². The second kappa shape index (κ2) is 13.6. The van der Waals surface area contributed by atoms with Gasteiger partial charge in [-0.05, 0) is 125 Å². The molecule has 2 nitrogen and oxygen atoms in total. The molecule has 0 aliphatic heterocycles. The molecule has 0 unspecified atom stereocenters.